The van der Waals surface area contributed by atoms with Crippen molar-refractivity contribution in [3.05, 3.63) is 74.6 Å². The number of hydrogen-bond acceptors (Lipinski definition) is 9. The van der Waals surface area contributed by atoms with Gasteiger partial charge in [-0.05, 0) is 66.8 Å². The zero-order valence-electron chi connectivity index (χ0n) is 24.4. The van der Waals surface area contributed by atoms with Crippen molar-refractivity contribution in [1.82, 2.24) is 14.7 Å². The lowest BCUT2D eigenvalue weighted by Crippen LogP contribution is -2.61. The van der Waals surface area contributed by atoms with Gasteiger partial charge in [0.15, 0.2) is 0 Å². The number of sulfonamides is 1. The molecule has 236 valence electrons. The second-order valence-electron chi connectivity index (χ2n) is 10.3. The topological polar surface area (TPSA) is 147 Å². The Hall–Kier alpha value is -3.59. The first kappa shape index (κ1) is 33.3. The summed E-state index contributed by atoms with van der Waals surface area (Å²) < 4.78 is 28.3. The largest absolute Gasteiger partial charge is 0.465 e. The van der Waals surface area contributed by atoms with E-state index >= 15 is 0 Å². The predicted octanol–water partition coefficient (Wildman–Crippen LogP) is 2.31. The zero-order chi connectivity index (χ0) is 31.7. The lowest BCUT2D eigenvalue weighted by Gasteiger charge is -2.40. The van der Waals surface area contributed by atoms with Crippen LogP contribution in [0.1, 0.15) is 28.7 Å². The fraction of sp³-hybridized carbons (Fsp3) is 0.400. The van der Waals surface area contributed by atoms with Crippen molar-refractivity contribution in [2.45, 2.75) is 43.5 Å². The van der Waals surface area contributed by atoms with Crippen LogP contribution in [0.3, 0.4) is 0 Å². The van der Waals surface area contributed by atoms with Crippen molar-refractivity contribution in [3.63, 3.8) is 0 Å². The molecule has 2 N–H and O–H groups in total. The molecule has 1 atom stereocenters. The van der Waals surface area contributed by atoms with Crippen LogP contribution in [0, 0.1) is 0 Å². The minimum atomic E-state index is -3.85. The number of piperazine rings is 1. The van der Waals surface area contributed by atoms with E-state index in [1.165, 1.54) is 26.8 Å². The number of benzene rings is 1. The Morgan fingerprint density at radius 1 is 0.977 bits per heavy atom. The Labute approximate surface area is 265 Å². The Bertz CT molecular complexity index is 1520. The summed E-state index contributed by atoms with van der Waals surface area (Å²) in [7, 11) is -3.85. The molecule has 11 nitrogen and oxygen atoms in total. The molecular formula is C30H36N4O7S3. The molecule has 1 aliphatic rings. The summed E-state index contributed by atoms with van der Waals surface area (Å²) in [4.78, 5) is 59.9. The molecule has 0 radical (unpaired) electrons. The Balaban J connectivity index is 1.51. The first-order chi connectivity index (χ1) is 21.0. The maximum atomic E-state index is 13.8. The monoisotopic (exact) mass is 660 g/mol. The van der Waals surface area contributed by atoms with Crippen molar-refractivity contribution in [1.29, 1.82) is 0 Å². The van der Waals surface area contributed by atoms with Gasteiger partial charge in [-0.25, -0.2) is 13.6 Å². The van der Waals surface area contributed by atoms with Gasteiger partial charge in [-0.2, -0.15) is 0 Å². The second kappa shape index (κ2) is 15.4. The molecule has 1 saturated heterocycles. The highest BCUT2D eigenvalue weighted by atomic mass is 32.2. The zero-order valence-corrected chi connectivity index (χ0v) is 26.9. The fourth-order valence-corrected chi connectivity index (χ4v) is 6.87. The molecule has 3 amide bonds. The van der Waals surface area contributed by atoms with Crippen LogP contribution in [0.15, 0.2) is 64.2 Å². The summed E-state index contributed by atoms with van der Waals surface area (Å²) in [5.41, 5.74) is 0.723. The molecule has 4 rings (SSSR count). The van der Waals surface area contributed by atoms with E-state index in [9.17, 15) is 27.6 Å². The smallest absolute Gasteiger partial charge is 0.325 e. The third kappa shape index (κ3) is 9.21. The van der Waals surface area contributed by atoms with Crippen LogP contribution < -0.4 is 5.14 Å². The Morgan fingerprint density at radius 3 is 2.18 bits per heavy atom. The summed E-state index contributed by atoms with van der Waals surface area (Å²) in [5.74, 6) is -1.58. The predicted molar refractivity (Wildman–Crippen MR) is 167 cm³/mol. The van der Waals surface area contributed by atoms with Crippen LogP contribution in [0.5, 0.6) is 0 Å². The fourth-order valence-electron chi connectivity index (χ4n) is 4.96. The summed E-state index contributed by atoms with van der Waals surface area (Å²) in [6.07, 6.45) is 1.18. The SMILES string of the molecule is CCOC(=O)CN(CCc1ccc(S(N)(=O)=O)cc1)C(=O)CC1C(=O)N(CCc2cccs2)CC(=O)N1CCc1cccs1. The van der Waals surface area contributed by atoms with E-state index in [-0.39, 0.29) is 55.9 Å². The van der Waals surface area contributed by atoms with Gasteiger partial charge < -0.3 is 19.4 Å². The molecule has 0 bridgehead atoms. The minimum Gasteiger partial charge on any atom is -0.465 e. The third-order valence-electron chi connectivity index (χ3n) is 7.28. The first-order valence-electron chi connectivity index (χ1n) is 14.2. The molecule has 14 heteroatoms. The number of nitrogens with two attached hydrogens (primary N) is 1. The number of thiophene rings is 2. The van der Waals surface area contributed by atoms with Crippen LogP contribution >= 0.6 is 22.7 Å². The van der Waals surface area contributed by atoms with Crippen molar-refractivity contribution in [2.75, 3.05) is 39.3 Å². The number of hydrogen-bond donors (Lipinski definition) is 1. The molecule has 1 unspecified atom stereocenters. The maximum absolute atomic E-state index is 13.8. The summed E-state index contributed by atoms with van der Waals surface area (Å²) in [6.45, 7) is 2.18. The van der Waals surface area contributed by atoms with Gasteiger partial charge in [-0.15, -0.1) is 22.7 Å². The van der Waals surface area contributed by atoms with E-state index in [1.807, 2.05) is 35.0 Å². The third-order valence-corrected chi connectivity index (χ3v) is 10.1. The van der Waals surface area contributed by atoms with Gasteiger partial charge in [0, 0.05) is 29.4 Å². The highest BCUT2D eigenvalue weighted by Gasteiger charge is 2.41. The summed E-state index contributed by atoms with van der Waals surface area (Å²) in [6, 6.07) is 12.7. The molecule has 0 saturated carbocycles. The number of primary sulfonamides is 1. The normalized spacial score (nSPS) is 15.5. The van der Waals surface area contributed by atoms with Crippen molar-refractivity contribution >= 4 is 56.4 Å². The number of nitrogens with zero attached hydrogens (tertiary/aromatic N) is 3. The molecule has 3 aromatic rings. The number of amides is 3. The van der Waals surface area contributed by atoms with Crippen molar-refractivity contribution in [3.8, 4) is 0 Å². The van der Waals surface area contributed by atoms with E-state index in [0.717, 1.165) is 15.3 Å². The van der Waals surface area contributed by atoms with Crippen LogP contribution in [0.25, 0.3) is 0 Å². The first-order valence-corrected chi connectivity index (χ1v) is 17.5. The summed E-state index contributed by atoms with van der Waals surface area (Å²) >= 11 is 3.14. The molecule has 1 aliphatic heterocycles. The van der Waals surface area contributed by atoms with Gasteiger partial charge in [0.1, 0.15) is 12.6 Å². The molecule has 44 heavy (non-hydrogen) atoms. The van der Waals surface area contributed by atoms with Crippen LogP contribution in [-0.4, -0.2) is 92.2 Å². The standard InChI is InChI=1S/C30H36N4O7S3/c1-2-41-29(37)21-32(14-11-22-7-9-25(10-8-22)44(31,39)40)27(35)19-26-30(38)33(15-12-23-5-3-17-42-23)20-28(36)34(26)16-13-24-6-4-18-43-24/h3-10,17-18,26H,2,11-16,19-21H2,1H3,(H2,31,39,40). The van der Waals surface area contributed by atoms with E-state index in [4.69, 9.17) is 9.88 Å². The van der Waals surface area contributed by atoms with Crippen LogP contribution in [0.2, 0.25) is 0 Å². The van der Waals surface area contributed by atoms with Gasteiger partial charge in [0.25, 0.3) is 0 Å². The summed E-state index contributed by atoms with van der Waals surface area (Å²) in [5, 5.41) is 9.09. The average molecular weight is 661 g/mol. The minimum absolute atomic E-state index is 0.0348. The highest BCUT2D eigenvalue weighted by Crippen LogP contribution is 2.21. The molecular weight excluding hydrogens is 625 g/mol. The number of carbonyl (C=O) groups excluding carboxylic acids is 4. The van der Waals surface area contributed by atoms with Crippen LogP contribution in [-0.2, 0) is 53.2 Å². The Kier molecular flexibility index (Phi) is 11.7. The van der Waals surface area contributed by atoms with Gasteiger partial charge in [0.05, 0.1) is 24.5 Å². The molecule has 2 aromatic heterocycles. The molecule has 1 fully saturated rings. The Morgan fingerprint density at radius 2 is 1.61 bits per heavy atom. The second-order valence-corrected chi connectivity index (χ2v) is 13.9. The number of rotatable bonds is 15. The van der Waals surface area contributed by atoms with Gasteiger partial charge >= 0.3 is 5.97 Å². The van der Waals surface area contributed by atoms with E-state index < -0.39 is 27.9 Å². The van der Waals surface area contributed by atoms with Crippen molar-refractivity contribution < 1.29 is 32.3 Å². The van der Waals surface area contributed by atoms with Gasteiger partial charge in [-0.1, -0.05) is 24.3 Å². The van der Waals surface area contributed by atoms with E-state index in [2.05, 4.69) is 0 Å². The number of carbonyl (C=O) groups is 4. The lowest BCUT2D eigenvalue weighted by molar-refractivity contribution is -0.158. The number of esters is 1. The molecule has 0 aliphatic carbocycles. The van der Waals surface area contributed by atoms with Crippen molar-refractivity contribution in [2.24, 2.45) is 5.14 Å². The lowest BCUT2D eigenvalue weighted by atomic mass is 10.0. The van der Waals surface area contributed by atoms with Gasteiger partial charge in [-0.3, -0.25) is 19.2 Å². The average Bonchev–Trinajstić information content (AvgIpc) is 3.70. The van der Waals surface area contributed by atoms with Gasteiger partial charge in [0.2, 0.25) is 27.7 Å². The molecule has 3 heterocycles. The van der Waals surface area contributed by atoms with E-state index in [0.29, 0.717) is 25.8 Å². The van der Waals surface area contributed by atoms with Crippen LogP contribution in [0.4, 0.5) is 0 Å². The maximum Gasteiger partial charge on any atom is 0.325 e. The molecule has 0 spiro atoms. The molecule has 1 aromatic carbocycles. The quantitative estimate of drug-likeness (QED) is 0.246. The number of ether oxygens (including phenoxy) is 1. The van der Waals surface area contributed by atoms with E-state index in [1.54, 1.807) is 41.7 Å². The highest BCUT2D eigenvalue weighted by molar-refractivity contribution is 7.89.